The van der Waals surface area contributed by atoms with Gasteiger partial charge in [0.05, 0.1) is 34.9 Å². The second-order valence-corrected chi connectivity index (χ2v) is 11.5. The van der Waals surface area contributed by atoms with Crippen LogP contribution in [0.2, 0.25) is 10.0 Å². The molecule has 9 nitrogen and oxygen atoms in total. The van der Waals surface area contributed by atoms with Gasteiger partial charge in [0, 0.05) is 17.9 Å². The molecule has 1 heterocycles. The van der Waals surface area contributed by atoms with Crippen LogP contribution in [0.1, 0.15) is 15.9 Å². The molecule has 2 aromatic rings. The van der Waals surface area contributed by atoms with Crippen molar-refractivity contribution in [3.8, 4) is 0 Å². The Kier molecular flexibility index (Phi) is 9.05. The van der Waals surface area contributed by atoms with Gasteiger partial charge in [0.1, 0.15) is 12.1 Å². The van der Waals surface area contributed by atoms with Gasteiger partial charge in [-0.15, -0.1) is 11.8 Å². The molecule has 1 fully saturated rings. The number of hydrogen-bond acceptors (Lipinski definition) is 7. The van der Waals surface area contributed by atoms with Gasteiger partial charge in [-0.25, -0.2) is 13.2 Å². The summed E-state index contributed by atoms with van der Waals surface area (Å²) >= 11 is 13.5. The largest absolute Gasteiger partial charge is 0.467 e. The zero-order valence-corrected chi connectivity index (χ0v) is 21.9. The fourth-order valence-electron chi connectivity index (χ4n) is 3.43. The number of halogens is 2. The number of thioether (sulfide) groups is 1. The Morgan fingerprint density at radius 1 is 1.14 bits per heavy atom. The van der Waals surface area contributed by atoms with E-state index in [-0.39, 0.29) is 33.7 Å². The van der Waals surface area contributed by atoms with Gasteiger partial charge < -0.3 is 15.4 Å². The van der Waals surface area contributed by atoms with Crippen molar-refractivity contribution in [3.05, 3.63) is 63.6 Å². The molecular weight excluding hydrogens is 537 g/mol. The first-order chi connectivity index (χ1) is 16.5. The third-order valence-electron chi connectivity index (χ3n) is 5.21. The smallest absolute Gasteiger partial charge is 0.328 e. The molecule has 3 rings (SSSR count). The predicted molar refractivity (Wildman–Crippen MR) is 136 cm³/mol. The quantitative estimate of drug-likeness (QED) is 0.477. The number of nitrogens with one attached hydrogen (secondary N) is 2. The zero-order chi connectivity index (χ0) is 25.8. The van der Waals surface area contributed by atoms with Gasteiger partial charge in [0.25, 0.3) is 5.91 Å². The molecule has 0 saturated carbocycles. The number of carbonyl (C=O) groups is 3. The molecular formula is C22H23Cl2N3O6S2. The van der Waals surface area contributed by atoms with Crippen molar-refractivity contribution in [2.24, 2.45) is 0 Å². The van der Waals surface area contributed by atoms with Crippen LogP contribution in [0.15, 0.2) is 42.5 Å². The first kappa shape index (κ1) is 27.3. The standard InChI is InChI=1S/C22H23Cl2N3O6S2/c1-33-22(30)17(26-20(28)18-11-34-12-27(18)35(2,31)32)10-13-6-8-14(9-7-13)25-21(29)19-15(23)4-3-5-16(19)24/h3-9,17-18H,10-12H2,1-2H3,(H,25,29)(H,26,28)/t17-,18+/m0/s1. The number of amides is 2. The highest BCUT2D eigenvalue weighted by Crippen LogP contribution is 2.26. The van der Waals surface area contributed by atoms with E-state index in [0.717, 1.165) is 10.6 Å². The van der Waals surface area contributed by atoms with Crippen molar-refractivity contribution >= 4 is 68.5 Å². The molecule has 0 aromatic heterocycles. The van der Waals surface area contributed by atoms with Crippen molar-refractivity contribution in [1.29, 1.82) is 0 Å². The highest BCUT2D eigenvalue weighted by Gasteiger charge is 2.38. The Labute approximate surface area is 217 Å². The summed E-state index contributed by atoms with van der Waals surface area (Å²) in [5, 5.41) is 5.76. The lowest BCUT2D eigenvalue weighted by Crippen LogP contribution is -2.52. The number of carbonyl (C=O) groups excluding carboxylic acids is 3. The van der Waals surface area contributed by atoms with E-state index in [9.17, 15) is 22.8 Å². The Morgan fingerprint density at radius 3 is 2.34 bits per heavy atom. The van der Waals surface area contributed by atoms with Crippen molar-refractivity contribution in [3.63, 3.8) is 0 Å². The number of nitrogens with zero attached hydrogens (tertiary/aromatic N) is 1. The molecule has 0 spiro atoms. The van der Waals surface area contributed by atoms with Crippen LogP contribution in [0.4, 0.5) is 5.69 Å². The number of hydrogen-bond donors (Lipinski definition) is 2. The van der Waals surface area contributed by atoms with E-state index >= 15 is 0 Å². The molecule has 35 heavy (non-hydrogen) atoms. The number of sulfonamides is 1. The molecule has 0 unspecified atom stereocenters. The van der Waals surface area contributed by atoms with E-state index in [1.54, 1.807) is 42.5 Å². The van der Waals surface area contributed by atoms with Gasteiger partial charge in [-0.2, -0.15) is 4.31 Å². The van der Waals surface area contributed by atoms with E-state index in [4.69, 9.17) is 27.9 Å². The Bertz CT molecular complexity index is 1200. The van der Waals surface area contributed by atoms with Crippen LogP contribution < -0.4 is 10.6 Å². The number of esters is 1. The highest BCUT2D eigenvalue weighted by atomic mass is 35.5. The second-order valence-electron chi connectivity index (χ2n) is 7.70. The van der Waals surface area contributed by atoms with Gasteiger partial charge >= 0.3 is 5.97 Å². The number of methoxy groups -OCH3 is 1. The van der Waals surface area contributed by atoms with Crippen LogP contribution in [0.3, 0.4) is 0 Å². The summed E-state index contributed by atoms with van der Waals surface area (Å²) in [7, 11) is -2.37. The number of anilines is 1. The minimum Gasteiger partial charge on any atom is -0.467 e. The third-order valence-corrected chi connectivity index (χ3v) is 8.26. The first-order valence-electron chi connectivity index (χ1n) is 10.3. The molecule has 2 aromatic carbocycles. The van der Waals surface area contributed by atoms with Gasteiger partial charge in [0.2, 0.25) is 15.9 Å². The Hall–Kier alpha value is -2.31. The summed E-state index contributed by atoms with van der Waals surface area (Å²) in [5.41, 5.74) is 1.30. The number of rotatable bonds is 8. The first-order valence-corrected chi connectivity index (χ1v) is 14.0. The molecule has 0 bridgehead atoms. The van der Waals surface area contributed by atoms with Crippen molar-refractivity contribution in [1.82, 2.24) is 9.62 Å². The molecule has 1 saturated heterocycles. The molecule has 2 amide bonds. The average molecular weight is 560 g/mol. The van der Waals surface area contributed by atoms with E-state index in [1.807, 2.05) is 0 Å². The van der Waals surface area contributed by atoms with Gasteiger partial charge in [-0.1, -0.05) is 41.4 Å². The molecule has 188 valence electrons. The second kappa shape index (κ2) is 11.6. The number of ether oxygens (including phenoxy) is 1. The Balaban J connectivity index is 1.69. The molecule has 0 radical (unpaired) electrons. The summed E-state index contributed by atoms with van der Waals surface area (Å²) in [6, 6.07) is 9.45. The van der Waals surface area contributed by atoms with Gasteiger partial charge in [-0.05, 0) is 29.8 Å². The topological polar surface area (TPSA) is 122 Å². The lowest BCUT2D eigenvalue weighted by molar-refractivity contribution is -0.145. The molecule has 0 aliphatic carbocycles. The fraction of sp³-hybridized carbons (Fsp3) is 0.318. The average Bonchev–Trinajstić information content (AvgIpc) is 3.30. The van der Waals surface area contributed by atoms with Crippen LogP contribution in [-0.4, -0.2) is 67.6 Å². The van der Waals surface area contributed by atoms with Crippen LogP contribution in [-0.2, 0) is 30.8 Å². The van der Waals surface area contributed by atoms with Crippen LogP contribution in [0, 0.1) is 0 Å². The van der Waals surface area contributed by atoms with Crippen LogP contribution in [0.25, 0.3) is 0 Å². The van der Waals surface area contributed by atoms with E-state index in [2.05, 4.69) is 10.6 Å². The predicted octanol–water partition coefficient (Wildman–Crippen LogP) is 2.78. The molecule has 1 aliphatic rings. The minimum absolute atomic E-state index is 0.0989. The molecule has 2 N–H and O–H groups in total. The van der Waals surface area contributed by atoms with E-state index < -0.39 is 39.9 Å². The lowest BCUT2D eigenvalue weighted by Gasteiger charge is -2.23. The number of benzene rings is 2. The van der Waals surface area contributed by atoms with Gasteiger partial charge in [0.15, 0.2) is 0 Å². The Morgan fingerprint density at radius 2 is 1.77 bits per heavy atom. The molecule has 2 atom stereocenters. The van der Waals surface area contributed by atoms with E-state index in [1.165, 1.54) is 18.9 Å². The summed E-state index contributed by atoms with van der Waals surface area (Å²) in [6.45, 7) is 0. The minimum atomic E-state index is -3.57. The maximum atomic E-state index is 12.8. The monoisotopic (exact) mass is 559 g/mol. The zero-order valence-electron chi connectivity index (χ0n) is 18.8. The molecule has 13 heteroatoms. The summed E-state index contributed by atoms with van der Waals surface area (Å²) < 4.78 is 29.8. The van der Waals surface area contributed by atoms with Crippen LogP contribution >= 0.6 is 35.0 Å². The third kappa shape index (κ3) is 6.89. The van der Waals surface area contributed by atoms with Gasteiger partial charge in [-0.3, -0.25) is 9.59 Å². The van der Waals surface area contributed by atoms with Crippen LogP contribution in [0.5, 0.6) is 0 Å². The van der Waals surface area contributed by atoms with E-state index in [0.29, 0.717) is 11.3 Å². The summed E-state index contributed by atoms with van der Waals surface area (Å²) in [6.07, 6.45) is 1.14. The van der Waals surface area contributed by atoms with Crippen molar-refractivity contribution < 1.29 is 27.5 Å². The summed E-state index contributed by atoms with van der Waals surface area (Å²) in [5.74, 6) is -1.25. The summed E-state index contributed by atoms with van der Waals surface area (Å²) in [4.78, 5) is 37.7. The highest BCUT2D eigenvalue weighted by molar-refractivity contribution is 8.00. The maximum absolute atomic E-state index is 12.8. The van der Waals surface area contributed by atoms with Crippen molar-refractivity contribution in [2.45, 2.75) is 18.5 Å². The fourth-order valence-corrected chi connectivity index (χ4v) is 6.74. The normalized spacial score (nSPS) is 17.0. The maximum Gasteiger partial charge on any atom is 0.328 e. The SMILES string of the molecule is COC(=O)[C@H](Cc1ccc(NC(=O)c2c(Cl)cccc2Cl)cc1)NC(=O)[C@H]1CSCN1S(C)(=O)=O. The van der Waals surface area contributed by atoms with Crippen molar-refractivity contribution in [2.75, 3.05) is 30.3 Å². The lowest BCUT2D eigenvalue weighted by atomic mass is 10.0. The molecule has 1 aliphatic heterocycles.